The number of halogens is 1. The number of primary amides is 1. The molecule has 0 aliphatic carbocycles. The number of nitrogens with one attached hydrogen (secondary N) is 1. The number of carbonyl (C=O) groups is 2. The van der Waals surface area contributed by atoms with Gasteiger partial charge in [-0.1, -0.05) is 12.1 Å². The van der Waals surface area contributed by atoms with Gasteiger partial charge in [-0.3, -0.25) is 10.1 Å². The Labute approximate surface area is 178 Å². The standard InChI is InChI=1S/C22H23FN4O4/c1-22(2,3)31-21(29)25-14-6-5-7-15(11-14)27-12-17(19(23)26-27)13-8-9-16(20(24)28)18(10-13)30-4/h5-12H,1-4H3,(H2,24,28)(H,25,29). The van der Waals surface area contributed by atoms with E-state index in [4.69, 9.17) is 15.2 Å². The van der Waals surface area contributed by atoms with Crippen molar-refractivity contribution in [2.45, 2.75) is 26.4 Å². The maximum Gasteiger partial charge on any atom is 0.412 e. The molecule has 0 spiro atoms. The quantitative estimate of drug-likeness (QED) is 0.638. The zero-order valence-electron chi connectivity index (χ0n) is 17.6. The third-order valence-electron chi connectivity index (χ3n) is 4.20. The number of hydrogen-bond donors (Lipinski definition) is 2. The van der Waals surface area contributed by atoms with Gasteiger partial charge in [0.1, 0.15) is 11.4 Å². The van der Waals surface area contributed by atoms with Crippen LogP contribution < -0.4 is 15.8 Å². The molecule has 1 aromatic heterocycles. The summed E-state index contributed by atoms with van der Waals surface area (Å²) in [6.07, 6.45) is 0.902. The molecule has 0 saturated carbocycles. The van der Waals surface area contributed by atoms with Crippen molar-refractivity contribution in [1.82, 2.24) is 9.78 Å². The van der Waals surface area contributed by atoms with E-state index in [9.17, 15) is 14.0 Å². The zero-order chi connectivity index (χ0) is 22.8. The smallest absolute Gasteiger partial charge is 0.412 e. The van der Waals surface area contributed by atoms with Crippen molar-refractivity contribution in [3.05, 3.63) is 60.2 Å². The monoisotopic (exact) mass is 426 g/mol. The van der Waals surface area contributed by atoms with E-state index in [1.165, 1.54) is 30.1 Å². The predicted molar refractivity (Wildman–Crippen MR) is 114 cm³/mol. The SMILES string of the molecule is COc1cc(-c2cn(-c3cccc(NC(=O)OC(C)(C)C)c3)nc2F)ccc1C(N)=O. The summed E-state index contributed by atoms with van der Waals surface area (Å²) in [5, 5.41) is 6.56. The van der Waals surface area contributed by atoms with Gasteiger partial charge in [0.25, 0.3) is 5.91 Å². The summed E-state index contributed by atoms with van der Waals surface area (Å²) in [5.41, 5.74) is 6.56. The Morgan fingerprint density at radius 3 is 2.55 bits per heavy atom. The van der Waals surface area contributed by atoms with Gasteiger partial charge >= 0.3 is 6.09 Å². The molecule has 3 N–H and O–H groups in total. The number of nitrogens with two attached hydrogens (primary N) is 1. The number of amides is 2. The topological polar surface area (TPSA) is 108 Å². The first kappa shape index (κ1) is 21.8. The Bertz CT molecular complexity index is 1130. The normalized spacial score (nSPS) is 11.1. The van der Waals surface area contributed by atoms with Crippen molar-refractivity contribution in [2.24, 2.45) is 5.73 Å². The van der Waals surface area contributed by atoms with E-state index >= 15 is 0 Å². The number of anilines is 1. The van der Waals surface area contributed by atoms with Gasteiger partial charge in [0, 0.05) is 11.9 Å². The minimum Gasteiger partial charge on any atom is -0.496 e. The molecule has 0 saturated heterocycles. The fourth-order valence-electron chi connectivity index (χ4n) is 2.89. The molecule has 0 bridgehead atoms. The molecule has 162 valence electrons. The van der Waals surface area contributed by atoms with E-state index in [2.05, 4.69) is 10.4 Å². The van der Waals surface area contributed by atoms with Gasteiger partial charge in [-0.25, -0.2) is 9.48 Å². The van der Waals surface area contributed by atoms with Crippen LogP contribution in [0.4, 0.5) is 14.9 Å². The molecule has 1 heterocycles. The van der Waals surface area contributed by atoms with Gasteiger partial charge in [-0.05, 0) is 56.7 Å². The lowest BCUT2D eigenvalue weighted by Gasteiger charge is -2.19. The summed E-state index contributed by atoms with van der Waals surface area (Å²) in [6, 6.07) is 11.3. The molecule has 31 heavy (non-hydrogen) atoms. The third kappa shape index (κ3) is 5.19. The Kier molecular flexibility index (Phi) is 5.96. The molecular weight excluding hydrogens is 403 g/mol. The van der Waals surface area contributed by atoms with Crippen molar-refractivity contribution in [3.8, 4) is 22.6 Å². The molecule has 0 radical (unpaired) electrons. The minimum atomic E-state index is -0.709. The number of ether oxygens (including phenoxy) is 2. The second-order valence-electron chi connectivity index (χ2n) is 7.73. The molecule has 0 aliphatic heterocycles. The number of nitrogens with zero attached hydrogens (tertiary/aromatic N) is 2. The first-order chi connectivity index (χ1) is 14.6. The van der Waals surface area contributed by atoms with Crippen LogP contribution in [0.15, 0.2) is 48.7 Å². The van der Waals surface area contributed by atoms with E-state index in [0.717, 1.165) is 0 Å². The van der Waals surface area contributed by atoms with Crippen LogP contribution in [0.1, 0.15) is 31.1 Å². The van der Waals surface area contributed by atoms with Crippen molar-refractivity contribution < 1.29 is 23.5 Å². The molecule has 2 aromatic carbocycles. The maximum absolute atomic E-state index is 14.6. The molecule has 0 aliphatic rings. The van der Waals surface area contributed by atoms with Crippen molar-refractivity contribution in [1.29, 1.82) is 0 Å². The van der Waals surface area contributed by atoms with E-state index in [1.54, 1.807) is 51.1 Å². The molecule has 2 amide bonds. The van der Waals surface area contributed by atoms with Gasteiger partial charge in [0.2, 0.25) is 5.95 Å². The first-order valence-corrected chi connectivity index (χ1v) is 9.41. The summed E-state index contributed by atoms with van der Waals surface area (Å²) in [6.45, 7) is 5.30. The average molecular weight is 426 g/mol. The lowest BCUT2D eigenvalue weighted by Crippen LogP contribution is -2.27. The molecule has 9 heteroatoms. The van der Waals surface area contributed by atoms with Crippen LogP contribution in [0.3, 0.4) is 0 Å². The fourth-order valence-corrected chi connectivity index (χ4v) is 2.89. The van der Waals surface area contributed by atoms with Crippen molar-refractivity contribution >= 4 is 17.7 Å². The minimum absolute atomic E-state index is 0.194. The number of rotatable bonds is 5. The lowest BCUT2D eigenvalue weighted by atomic mass is 10.1. The van der Waals surface area contributed by atoms with Crippen LogP contribution in [0.5, 0.6) is 5.75 Å². The summed E-state index contributed by atoms with van der Waals surface area (Å²) >= 11 is 0. The summed E-state index contributed by atoms with van der Waals surface area (Å²) in [4.78, 5) is 23.5. The fraction of sp³-hybridized carbons (Fsp3) is 0.227. The van der Waals surface area contributed by atoms with E-state index in [0.29, 0.717) is 16.9 Å². The number of hydrogen-bond acceptors (Lipinski definition) is 5. The van der Waals surface area contributed by atoms with Gasteiger partial charge < -0.3 is 15.2 Å². The largest absolute Gasteiger partial charge is 0.496 e. The van der Waals surface area contributed by atoms with Gasteiger partial charge in [-0.15, -0.1) is 5.10 Å². The Morgan fingerprint density at radius 1 is 1.16 bits per heavy atom. The highest BCUT2D eigenvalue weighted by Crippen LogP contribution is 2.29. The number of carbonyl (C=O) groups excluding carboxylic acids is 2. The Balaban J connectivity index is 1.89. The average Bonchev–Trinajstić information content (AvgIpc) is 3.07. The number of methoxy groups -OCH3 is 1. The second-order valence-corrected chi connectivity index (χ2v) is 7.73. The maximum atomic E-state index is 14.6. The van der Waals surface area contributed by atoms with Crippen LogP contribution in [0, 0.1) is 5.95 Å². The van der Waals surface area contributed by atoms with Gasteiger partial charge in [-0.2, -0.15) is 4.39 Å². The highest BCUT2D eigenvalue weighted by atomic mass is 19.1. The van der Waals surface area contributed by atoms with Crippen LogP contribution in [0.25, 0.3) is 16.8 Å². The van der Waals surface area contributed by atoms with Crippen molar-refractivity contribution in [2.75, 3.05) is 12.4 Å². The Morgan fingerprint density at radius 2 is 1.90 bits per heavy atom. The van der Waals surface area contributed by atoms with Crippen LogP contribution >= 0.6 is 0 Å². The van der Waals surface area contributed by atoms with Crippen molar-refractivity contribution in [3.63, 3.8) is 0 Å². The van der Waals surface area contributed by atoms with Crippen LogP contribution in [-0.4, -0.2) is 34.5 Å². The molecule has 0 unspecified atom stereocenters. The molecule has 3 rings (SSSR count). The number of benzene rings is 2. The third-order valence-corrected chi connectivity index (χ3v) is 4.20. The molecule has 3 aromatic rings. The van der Waals surface area contributed by atoms with Crippen LogP contribution in [0.2, 0.25) is 0 Å². The van der Waals surface area contributed by atoms with E-state index in [-0.39, 0.29) is 16.9 Å². The highest BCUT2D eigenvalue weighted by Gasteiger charge is 2.18. The van der Waals surface area contributed by atoms with Crippen LogP contribution in [-0.2, 0) is 4.74 Å². The summed E-state index contributed by atoms with van der Waals surface area (Å²) in [5.74, 6) is -1.12. The highest BCUT2D eigenvalue weighted by molar-refractivity contribution is 5.96. The van der Waals surface area contributed by atoms with Gasteiger partial charge in [0.05, 0.1) is 23.9 Å². The number of aromatic nitrogens is 2. The molecular formula is C22H23FN4O4. The first-order valence-electron chi connectivity index (χ1n) is 9.41. The molecule has 8 nitrogen and oxygen atoms in total. The molecule has 0 atom stereocenters. The van der Waals surface area contributed by atoms with E-state index < -0.39 is 23.5 Å². The summed E-state index contributed by atoms with van der Waals surface area (Å²) < 4.78 is 26.4. The predicted octanol–water partition coefficient (Wildman–Crippen LogP) is 4.13. The van der Waals surface area contributed by atoms with Gasteiger partial charge in [0.15, 0.2) is 0 Å². The Hall–Kier alpha value is -3.88. The lowest BCUT2D eigenvalue weighted by molar-refractivity contribution is 0.0635. The summed E-state index contributed by atoms with van der Waals surface area (Å²) in [7, 11) is 1.40. The second kappa shape index (κ2) is 8.47. The van der Waals surface area contributed by atoms with E-state index in [1.807, 2.05) is 0 Å². The molecule has 0 fully saturated rings. The zero-order valence-corrected chi connectivity index (χ0v) is 17.6.